The Morgan fingerprint density at radius 1 is 1.33 bits per heavy atom. The standard InChI is InChI=1S/C15H20O3/c1-11-5-6-12(2)13(9-11)18-10-15(14(16)17)7-3-4-8-15/h5-6,9H,3-4,7-8,10H2,1-2H3,(H,16,17). The summed E-state index contributed by atoms with van der Waals surface area (Å²) in [4.78, 5) is 11.4. The van der Waals surface area contributed by atoms with E-state index in [1.165, 1.54) is 0 Å². The summed E-state index contributed by atoms with van der Waals surface area (Å²) in [5, 5.41) is 9.39. The van der Waals surface area contributed by atoms with Gasteiger partial charge in [-0.15, -0.1) is 0 Å². The zero-order valence-electron chi connectivity index (χ0n) is 11.0. The highest BCUT2D eigenvalue weighted by Gasteiger charge is 2.42. The van der Waals surface area contributed by atoms with Crippen LogP contribution in [0.25, 0.3) is 0 Å². The van der Waals surface area contributed by atoms with Gasteiger partial charge in [-0.2, -0.15) is 0 Å². The fourth-order valence-electron chi connectivity index (χ4n) is 2.55. The van der Waals surface area contributed by atoms with E-state index in [-0.39, 0.29) is 6.61 Å². The number of aryl methyl sites for hydroxylation is 2. The summed E-state index contributed by atoms with van der Waals surface area (Å²) < 4.78 is 5.79. The van der Waals surface area contributed by atoms with E-state index in [0.717, 1.165) is 42.6 Å². The van der Waals surface area contributed by atoms with Gasteiger partial charge in [0.25, 0.3) is 0 Å². The molecule has 0 aromatic heterocycles. The molecule has 0 unspecified atom stereocenters. The van der Waals surface area contributed by atoms with Crippen LogP contribution >= 0.6 is 0 Å². The summed E-state index contributed by atoms with van der Waals surface area (Å²) in [6.45, 7) is 4.28. The Balaban J connectivity index is 2.10. The minimum Gasteiger partial charge on any atom is -0.492 e. The zero-order valence-corrected chi connectivity index (χ0v) is 11.0. The van der Waals surface area contributed by atoms with Crippen LogP contribution in [-0.2, 0) is 4.79 Å². The van der Waals surface area contributed by atoms with Gasteiger partial charge in [0, 0.05) is 0 Å². The average molecular weight is 248 g/mol. The van der Waals surface area contributed by atoms with Crippen molar-refractivity contribution in [1.29, 1.82) is 0 Å². The zero-order chi connectivity index (χ0) is 13.2. The number of rotatable bonds is 4. The molecule has 3 nitrogen and oxygen atoms in total. The maximum atomic E-state index is 11.4. The third-order valence-electron chi connectivity index (χ3n) is 3.86. The highest BCUT2D eigenvalue weighted by molar-refractivity contribution is 5.75. The van der Waals surface area contributed by atoms with Gasteiger partial charge in [0.1, 0.15) is 17.8 Å². The van der Waals surface area contributed by atoms with Crippen molar-refractivity contribution in [3.63, 3.8) is 0 Å². The molecule has 0 aliphatic heterocycles. The van der Waals surface area contributed by atoms with Crippen LogP contribution in [0.15, 0.2) is 18.2 Å². The number of benzene rings is 1. The number of ether oxygens (including phenoxy) is 1. The molecule has 1 aliphatic rings. The third kappa shape index (κ3) is 2.50. The van der Waals surface area contributed by atoms with Crippen molar-refractivity contribution in [2.45, 2.75) is 39.5 Å². The van der Waals surface area contributed by atoms with Gasteiger partial charge in [-0.3, -0.25) is 4.79 Å². The van der Waals surface area contributed by atoms with E-state index in [2.05, 4.69) is 0 Å². The van der Waals surface area contributed by atoms with Crippen LogP contribution in [0, 0.1) is 19.3 Å². The lowest BCUT2D eigenvalue weighted by Crippen LogP contribution is -2.34. The molecular weight excluding hydrogens is 228 g/mol. The Hall–Kier alpha value is -1.51. The Morgan fingerprint density at radius 2 is 2.00 bits per heavy atom. The first-order chi connectivity index (χ1) is 8.53. The molecule has 1 N–H and O–H groups in total. The topological polar surface area (TPSA) is 46.5 Å². The first-order valence-electron chi connectivity index (χ1n) is 6.47. The summed E-state index contributed by atoms with van der Waals surface area (Å²) >= 11 is 0. The molecule has 0 radical (unpaired) electrons. The summed E-state index contributed by atoms with van der Waals surface area (Å²) in [7, 11) is 0. The van der Waals surface area contributed by atoms with Gasteiger partial charge in [-0.05, 0) is 43.9 Å². The molecule has 0 atom stereocenters. The number of hydrogen-bond acceptors (Lipinski definition) is 2. The number of carbonyl (C=O) groups is 1. The molecule has 1 fully saturated rings. The molecule has 1 saturated carbocycles. The monoisotopic (exact) mass is 248 g/mol. The first-order valence-corrected chi connectivity index (χ1v) is 6.47. The van der Waals surface area contributed by atoms with Crippen LogP contribution in [0.3, 0.4) is 0 Å². The molecule has 1 aromatic rings. The quantitative estimate of drug-likeness (QED) is 0.889. The minimum atomic E-state index is -0.717. The van der Waals surface area contributed by atoms with E-state index in [9.17, 15) is 9.90 Å². The van der Waals surface area contributed by atoms with Gasteiger partial charge in [-0.1, -0.05) is 25.0 Å². The second-order valence-electron chi connectivity index (χ2n) is 5.35. The fraction of sp³-hybridized carbons (Fsp3) is 0.533. The molecule has 1 aliphatic carbocycles. The SMILES string of the molecule is Cc1ccc(C)c(OCC2(C(=O)O)CCCC2)c1. The fourth-order valence-corrected chi connectivity index (χ4v) is 2.55. The maximum absolute atomic E-state index is 11.4. The van der Waals surface area contributed by atoms with Crippen molar-refractivity contribution in [2.24, 2.45) is 5.41 Å². The minimum absolute atomic E-state index is 0.284. The molecule has 3 heteroatoms. The molecule has 0 saturated heterocycles. The molecule has 0 amide bonds. The van der Waals surface area contributed by atoms with E-state index in [1.54, 1.807) is 0 Å². The predicted octanol–water partition coefficient (Wildman–Crippen LogP) is 3.33. The Labute approximate surface area is 108 Å². The lowest BCUT2D eigenvalue weighted by Gasteiger charge is -2.24. The predicted molar refractivity (Wildman–Crippen MR) is 69.9 cm³/mol. The van der Waals surface area contributed by atoms with Crippen molar-refractivity contribution in [1.82, 2.24) is 0 Å². The Bertz CT molecular complexity index is 445. The van der Waals surface area contributed by atoms with Crippen LogP contribution in [0.1, 0.15) is 36.8 Å². The van der Waals surface area contributed by atoms with Crippen molar-refractivity contribution >= 4 is 5.97 Å². The molecule has 0 spiro atoms. The van der Waals surface area contributed by atoms with Gasteiger partial charge < -0.3 is 9.84 Å². The van der Waals surface area contributed by atoms with E-state index >= 15 is 0 Å². The molecule has 1 aromatic carbocycles. The third-order valence-corrected chi connectivity index (χ3v) is 3.86. The van der Waals surface area contributed by atoms with E-state index in [0.29, 0.717) is 0 Å². The van der Waals surface area contributed by atoms with Crippen LogP contribution < -0.4 is 4.74 Å². The van der Waals surface area contributed by atoms with Crippen molar-refractivity contribution in [3.05, 3.63) is 29.3 Å². The van der Waals surface area contributed by atoms with E-state index in [4.69, 9.17) is 4.74 Å². The maximum Gasteiger partial charge on any atom is 0.313 e. The molecule has 0 bridgehead atoms. The van der Waals surface area contributed by atoms with Crippen LogP contribution in [0.4, 0.5) is 0 Å². The largest absolute Gasteiger partial charge is 0.492 e. The van der Waals surface area contributed by atoms with Gasteiger partial charge in [-0.25, -0.2) is 0 Å². The van der Waals surface area contributed by atoms with Crippen molar-refractivity contribution in [2.75, 3.05) is 6.61 Å². The molecule has 98 valence electrons. The van der Waals surface area contributed by atoms with Crippen LogP contribution in [-0.4, -0.2) is 17.7 Å². The van der Waals surface area contributed by atoms with E-state index in [1.807, 2.05) is 32.0 Å². The summed E-state index contributed by atoms with van der Waals surface area (Å²) in [5.41, 5.74) is 1.52. The Morgan fingerprint density at radius 3 is 2.61 bits per heavy atom. The second-order valence-corrected chi connectivity index (χ2v) is 5.35. The Kier molecular flexibility index (Phi) is 3.60. The normalized spacial score (nSPS) is 17.7. The summed E-state index contributed by atoms with van der Waals surface area (Å²) in [6, 6.07) is 6.01. The molecule has 0 heterocycles. The summed E-state index contributed by atoms with van der Waals surface area (Å²) in [6.07, 6.45) is 3.44. The molecule has 2 rings (SSSR count). The lowest BCUT2D eigenvalue weighted by atomic mass is 9.87. The lowest BCUT2D eigenvalue weighted by molar-refractivity contribution is -0.150. The van der Waals surface area contributed by atoms with Crippen molar-refractivity contribution < 1.29 is 14.6 Å². The number of carboxylic acids is 1. The molecule has 18 heavy (non-hydrogen) atoms. The van der Waals surface area contributed by atoms with Gasteiger partial charge >= 0.3 is 5.97 Å². The highest BCUT2D eigenvalue weighted by Crippen LogP contribution is 2.39. The average Bonchev–Trinajstić information content (AvgIpc) is 2.80. The number of aliphatic carboxylic acids is 1. The van der Waals surface area contributed by atoms with Crippen LogP contribution in [0.5, 0.6) is 5.75 Å². The van der Waals surface area contributed by atoms with Gasteiger partial charge in [0.2, 0.25) is 0 Å². The highest BCUT2D eigenvalue weighted by atomic mass is 16.5. The second kappa shape index (κ2) is 5.01. The van der Waals surface area contributed by atoms with E-state index < -0.39 is 11.4 Å². The van der Waals surface area contributed by atoms with Gasteiger partial charge in [0.15, 0.2) is 0 Å². The van der Waals surface area contributed by atoms with Crippen LogP contribution in [0.2, 0.25) is 0 Å². The number of hydrogen-bond donors (Lipinski definition) is 1. The summed E-state index contributed by atoms with van der Waals surface area (Å²) in [5.74, 6) is 0.0906. The molecular formula is C15H20O3. The number of carboxylic acid groups (broad SMARTS) is 1. The van der Waals surface area contributed by atoms with Gasteiger partial charge in [0.05, 0.1) is 0 Å². The first kappa shape index (κ1) is 12.9. The smallest absolute Gasteiger partial charge is 0.313 e. The van der Waals surface area contributed by atoms with Crippen molar-refractivity contribution in [3.8, 4) is 5.75 Å².